The molecule has 0 spiro atoms. The Morgan fingerprint density at radius 3 is 1.53 bits per heavy atom. The Bertz CT molecular complexity index is 4580. The van der Waals surface area contributed by atoms with Crippen LogP contribution in [0.2, 0.25) is 0 Å². The molecule has 0 saturated heterocycles. The summed E-state index contributed by atoms with van der Waals surface area (Å²) < 4.78 is 17.7. The van der Waals surface area contributed by atoms with Crippen LogP contribution < -0.4 is 0 Å². The van der Waals surface area contributed by atoms with Gasteiger partial charge in [0, 0.05) is 71.2 Å². The molecule has 0 unspecified atom stereocenters. The summed E-state index contributed by atoms with van der Waals surface area (Å²) in [6, 6.07) is 78.7. The number of furan rings is 2. The first kappa shape index (κ1) is 38.5. The van der Waals surface area contributed by atoms with Gasteiger partial charge in [0.15, 0.2) is 17.5 Å². The van der Waals surface area contributed by atoms with Gasteiger partial charge in [0.1, 0.15) is 22.3 Å². The van der Waals surface area contributed by atoms with E-state index in [1.54, 1.807) is 0 Å². The molecule has 326 valence electrons. The first-order valence-corrected chi connectivity index (χ1v) is 23.5. The summed E-state index contributed by atoms with van der Waals surface area (Å²) >= 11 is 0. The van der Waals surface area contributed by atoms with E-state index >= 15 is 0 Å². The molecule has 5 aromatic heterocycles. The van der Waals surface area contributed by atoms with Crippen molar-refractivity contribution in [3.05, 3.63) is 224 Å². The van der Waals surface area contributed by atoms with Crippen LogP contribution in [0.5, 0.6) is 0 Å². The molecule has 0 atom stereocenters. The third kappa shape index (κ3) is 5.79. The van der Waals surface area contributed by atoms with Crippen LogP contribution in [0.1, 0.15) is 0 Å². The van der Waals surface area contributed by atoms with Gasteiger partial charge < -0.3 is 18.0 Å². The lowest BCUT2D eigenvalue weighted by molar-refractivity contribution is 0.668. The molecule has 0 aliphatic rings. The first-order valence-electron chi connectivity index (χ1n) is 23.5. The quantitative estimate of drug-likeness (QED) is 0.166. The van der Waals surface area contributed by atoms with Gasteiger partial charge in [-0.3, -0.25) is 0 Å². The van der Waals surface area contributed by atoms with Gasteiger partial charge >= 0.3 is 0 Å². The maximum atomic E-state index is 6.62. The maximum absolute atomic E-state index is 6.62. The van der Waals surface area contributed by atoms with Gasteiger partial charge in [-0.05, 0) is 96.1 Å². The average molecular weight is 896 g/mol. The van der Waals surface area contributed by atoms with Gasteiger partial charge in [0.2, 0.25) is 0 Å². The molecule has 7 nitrogen and oxygen atoms in total. The molecule has 0 amide bonds. The fourth-order valence-corrected chi connectivity index (χ4v) is 10.8. The molecular formula is C63H37N5O2. The van der Waals surface area contributed by atoms with Gasteiger partial charge in [-0.1, -0.05) is 140 Å². The summed E-state index contributed by atoms with van der Waals surface area (Å²) in [7, 11) is 0. The van der Waals surface area contributed by atoms with E-state index in [4.69, 9.17) is 23.8 Å². The van der Waals surface area contributed by atoms with E-state index in [-0.39, 0.29) is 0 Å². The van der Waals surface area contributed by atoms with Crippen LogP contribution in [-0.2, 0) is 0 Å². The van der Waals surface area contributed by atoms with Crippen LogP contribution in [-0.4, -0.2) is 24.1 Å². The molecule has 15 aromatic rings. The number of nitrogens with zero attached hydrogens (tertiary/aromatic N) is 5. The van der Waals surface area contributed by atoms with Gasteiger partial charge in [0.25, 0.3) is 0 Å². The standard InChI is InChI=1S/C63H37N5O2/c1-4-15-38(16-5-1)61-64-62(41-29-34-55-50(37-41)45-22-11-13-25-54(45)69-55)66-63(65-61)48-23-14-26-57-58(48)51-36-40(28-33-56(51)70-57)39-27-32-53-49(35-39)47-31-30-46-44-21-10-12-24-52(44)67(42-17-6-2-7-18-42)59(46)60(47)68(53)43-19-8-3-9-20-43/h1-37H. The zero-order valence-electron chi connectivity index (χ0n) is 37.4. The number of rotatable bonds is 6. The van der Waals surface area contributed by atoms with E-state index in [2.05, 4.69) is 161 Å². The van der Waals surface area contributed by atoms with Crippen molar-refractivity contribution in [2.75, 3.05) is 0 Å². The van der Waals surface area contributed by atoms with Crippen molar-refractivity contribution >= 4 is 87.5 Å². The summed E-state index contributed by atoms with van der Waals surface area (Å²) in [6.45, 7) is 0. The highest BCUT2D eigenvalue weighted by Crippen LogP contribution is 2.44. The van der Waals surface area contributed by atoms with Crippen molar-refractivity contribution in [1.29, 1.82) is 0 Å². The zero-order valence-corrected chi connectivity index (χ0v) is 37.4. The van der Waals surface area contributed by atoms with Gasteiger partial charge in [0.05, 0.1) is 22.1 Å². The molecule has 0 aliphatic heterocycles. The number of para-hydroxylation sites is 4. The van der Waals surface area contributed by atoms with Crippen molar-refractivity contribution in [2.24, 2.45) is 0 Å². The molecule has 15 rings (SSSR count). The molecular weight excluding hydrogens is 859 g/mol. The third-order valence-corrected chi connectivity index (χ3v) is 14.0. The minimum absolute atomic E-state index is 0.564. The molecule has 0 N–H and O–H groups in total. The van der Waals surface area contributed by atoms with E-state index in [1.165, 1.54) is 38.1 Å². The largest absolute Gasteiger partial charge is 0.456 e. The van der Waals surface area contributed by atoms with Gasteiger partial charge in [-0.15, -0.1) is 0 Å². The molecule has 10 aromatic carbocycles. The minimum atomic E-state index is 0.564. The van der Waals surface area contributed by atoms with E-state index in [1.807, 2.05) is 72.8 Å². The Labute approximate surface area is 399 Å². The summed E-state index contributed by atoms with van der Waals surface area (Å²) in [6.07, 6.45) is 0. The topological polar surface area (TPSA) is 74.8 Å². The second-order valence-electron chi connectivity index (χ2n) is 17.9. The molecule has 5 heterocycles. The molecule has 0 bridgehead atoms. The highest BCUT2D eigenvalue weighted by Gasteiger charge is 2.23. The Hall–Kier alpha value is -9.59. The van der Waals surface area contributed by atoms with Crippen LogP contribution in [0.15, 0.2) is 233 Å². The SMILES string of the molecule is c1ccc(-c2nc(-c3ccc4oc5ccccc5c4c3)nc(-c3cccc4oc5ccc(-c6ccc7c(c6)c6ccc8c9ccccc9n(-c9ccccc9)c8c6n7-c6ccccc6)cc5c34)n2)cc1. The van der Waals surface area contributed by atoms with E-state index in [0.717, 1.165) is 88.6 Å². The number of benzene rings is 10. The number of aromatic nitrogens is 5. The van der Waals surface area contributed by atoms with E-state index in [0.29, 0.717) is 17.5 Å². The second-order valence-corrected chi connectivity index (χ2v) is 17.9. The lowest BCUT2D eigenvalue weighted by atomic mass is 9.99. The van der Waals surface area contributed by atoms with Crippen LogP contribution in [0.25, 0.3) is 144 Å². The van der Waals surface area contributed by atoms with Crippen molar-refractivity contribution in [2.45, 2.75) is 0 Å². The highest BCUT2D eigenvalue weighted by atomic mass is 16.3. The Morgan fingerprint density at radius 1 is 0.286 bits per heavy atom. The third-order valence-electron chi connectivity index (χ3n) is 14.0. The van der Waals surface area contributed by atoms with Crippen molar-refractivity contribution in [3.63, 3.8) is 0 Å². The number of fused-ring (bicyclic) bond motifs is 13. The molecule has 7 heteroatoms. The van der Waals surface area contributed by atoms with Crippen LogP contribution >= 0.6 is 0 Å². The van der Waals surface area contributed by atoms with Crippen LogP contribution in [0, 0.1) is 0 Å². The Balaban J connectivity index is 0.932. The molecule has 0 saturated carbocycles. The Kier molecular flexibility index (Phi) is 8.23. The van der Waals surface area contributed by atoms with Crippen LogP contribution in [0.4, 0.5) is 0 Å². The Morgan fingerprint density at radius 2 is 0.786 bits per heavy atom. The summed E-state index contributed by atoms with van der Waals surface area (Å²) in [4.78, 5) is 15.5. The molecule has 0 fully saturated rings. The van der Waals surface area contributed by atoms with E-state index < -0.39 is 0 Å². The lowest BCUT2D eigenvalue weighted by Crippen LogP contribution is -2.00. The smallest absolute Gasteiger partial charge is 0.164 e. The number of hydrogen-bond donors (Lipinski definition) is 0. The second kappa shape index (κ2) is 15.0. The monoisotopic (exact) mass is 895 g/mol. The van der Waals surface area contributed by atoms with E-state index in [9.17, 15) is 0 Å². The predicted octanol–water partition coefficient (Wildman–Crippen LogP) is 16.5. The summed E-state index contributed by atoms with van der Waals surface area (Å²) in [5.74, 6) is 1.73. The maximum Gasteiger partial charge on any atom is 0.164 e. The molecule has 0 radical (unpaired) electrons. The van der Waals surface area contributed by atoms with Crippen LogP contribution in [0.3, 0.4) is 0 Å². The van der Waals surface area contributed by atoms with Crippen molar-refractivity contribution in [1.82, 2.24) is 24.1 Å². The fourth-order valence-electron chi connectivity index (χ4n) is 10.8. The molecule has 70 heavy (non-hydrogen) atoms. The summed E-state index contributed by atoms with van der Waals surface area (Å²) in [5.41, 5.74) is 14.9. The van der Waals surface area contributed by atoms with Gasteiger partial charge in [-0.25, -0.2) is 15.0 Å². The zero-order chi connectivity index (χ0) is 45.9. The summed E-state index contributed by atoms with van der Waals surface area (Å²) in [5, 5.41) is 8.80. The highest BCUT2D eigenvalue weighted by molar-refractivity contribution is 6.24. The predicted molar refractivity (Wildman–Crippen MR) is 285 cm³/mol. The number of hydrogen-bond acceptors (Lipinski definition) is 5. The average Bonchev–Trinajstić information content (AvgIpc) is 4.19. The van der Waals surface area contributed by atoms with Crippen molar-refractivity contribution in [3.8, 4) is 56.7 Å². The fraction of sp³-hybridized carbons (Fsp3) is 0. The lowest BCUT2D eigenvalue weighted by Gasteiger charge is -2.12. The minimum Gasteiger partial charge on any atom is -0.456 e. The molecule has 0 aliphatic carbocycles. The van der Waals surface area contributed by atoms with Crippen molar-refractivity contribution < 1.29 is 8.83 Å². The first-order chi connectivity index (χ1) is 34.7. The van der Waals surface area contributed by atoms with Gasteiger partial charge in [-0.2, -0.15) is 0 Å². The normalized spacial score (nSPS) is 12.0.